The summed E-state index contributed by atoms with van der Waals surface area (Å²) in [7, 11) is 1.03. The van der Waals surface area contributed by atoms with Crippen molar-refractivity contribution in [3.8, 4) is 5.88 Å². The summed E-state index contributed by atoms with van der Waals surface area (Å²) in [6.07, 6.45) is 0. The van der Waals surface area contributed by atoms with Crippen LogP contribution in [0.4, 0.5) is 16.4 Å². The molecule has 0 aliphatic heterocycles. The number of carbonyl (C=O) groups is 1. The number of anilines is 2. The van der Waals surface area contributed by atoms with Crippen molar-refractivity contribution in [3.63, 3.8) is 0 Å². The first-order chi connectivity index (χ1) is 13.7. The average molecular weight is 415 g/mol. The third-order valence-corrected chi connectivity index (χ3v) is 5.51. The van der Waals surface area contributed by atoms with E-state index in [0.717, 1.165) is 11.1 Å². The molecule has 0 fully saturated rings. The molecule has 0 unspecified atom stereocenters. The Bertz CT molecular complexity index is 1180. The first-order valence-corrected chi connectivity index (χ1v) is 10.1. The zero-order valence-electron chi connectivity index (χ0n) is 16.4. The minimum absolute atomic E-state index is 0.00316. The molecule has 152 valence electrons. The van der Waals surface area contributed by atoms with E-state index in [-0.39, 0.29) is 16.7 Å². The van der Waals surface area contributed by atoms with Crippen LogP contribution in [0.5, 0.6) is 5.88 Å². The second-order valence-electron chi connectivity index (χ2n) is 6.46. The zero-order valence-corrected chi connectivity index (χ0v) is 17.2. The standard InChI is InChI=1S/C19H21N5O4S/c1-12-11-17(28-4)21-18(20-12)22-19(25)23-29(26,27)16-10-6-7-13-14(16)8-5-9-15(13)24(2)3/h5-11H,1-4H3,(H2,20,21,22,23,25). The Morgan fingerprint density at radius 2 is 1.76 bits per heavy atom. The van der Waals surface area contributed by atoms with Crippen LogP contribution in [0.25, 0.3) is 10.8 Å². The van der Waals surface area contributed by atoms with E-state index in [1.807, 2.05) is 35.9 Å². The number of nitrogens with one attached hydrogen (secondary N) is 2. The lowest BCUT2D eigenvalue weighted by atomic mass is 10.1. The molecule has 3 rings (SSSR count). The van der Waals surface area contributed by atoms with Gasteiger partial charge in [-0.15, -0.1) is 0 Å². The van der Waals surface area contributed by atoms with Crippen molar-refractivity contribution >= 4 is 38.5 Å². The number of sulfonamides is 1. The SMILES string of the molecule is COc1cc(C)nc(NC(=O)NS(=O)(=O)c2cccc3c(N(C)C)cccc23)n1. The lowest BCUT2D eigenvalue weighted by Gasteiger charge is -2.17. The normalized spacial score (nSPS) is 11.2. The van der Waals surface area contributed by atoms with Crippen LogP contribution in [-0.2, 0) is 10.0 Å². The fourth-order valence-corrected chi connectivity index (χ4v) is 4.02. The number of nitrogens with zero attached hydrogens (tertiary/aromatic N) is 3. The molecule has 29 heavy (non-hydrogen) atoms. The molecule has 2 aromatic carbocycles. The van der Waals surface area contributed by atoms with Gasteiger partial charge in [0.05, 0.1) is 12.0 Å². The fraction of sp³-hybridized carbons (Fsp3) is 0.211. The van der Waals surface area contributed by atoms with Gasteiger partial charge in [0.1, 0.15) is 0 Å². The van der Waals surface area contributed by atoms with Crippen LogP contribution in [0, 0.1) is 6.92 Å². The van der Waals surface area contributed by atoms with Gasteiger partial charge in [-0.2, -0.15) is 4.98 Å². The fourth-order valence-electron chi connectivity index (χ4n) is 2.89. The van der Waals surface area contributed by atoms with E-state index < -0.39 is 16.1 Å². The zero-order chi connectivity index (χ0) is 21.2. The molecule has 0 aliphatic carbocycles. The van der Waals surface area contributed by atoms with Crippen LogP contribution in [0.3, 0.4) is 0 Å². The van der Waals surface area contributed by atoms with Crippen LogP contribution in [0.15, 0.2) is 47.4 Å². The van der Waals surface area contributed by atoms with Crippen LogP contribution in [0.2, 0.25) is 0 Å². The second-order valence-corrected chi connectivity index (χ2v) is 8.11. The molecule has 2 N–H and O–H groups in total. The van der Waals surface area contributed by atoms with E-state index >= 15 is 0 Å². The molecular weight excluding hydrogens is 394 g/mol. The predicted molar refractivity (Wildman–Crippen MR) is 111 cm³/mol. The first-order valence-electron chi connectivity index (χ1n) is 8.64. The number of hydrogen-bond acceptors (Lipinski definition) is 7. The molecule has 0 saturated carbocycles. The lowest BCUT2D eigenvalue weighted by molar-refractivity contribution is 0.256. The highest BCUT2D eigenvalue weighted by Crippen LogP contribution is 2.30. The molecule has 1 heterocycles. The van der Waals surface area contributed by atoms with Gasteiger partial charge in [0.2, 0.25) is 11.8 Å². The molecule has 10 heteroatoms. The maximum Gasteiger partial charge on any atom is 0.335 e. The third kappa shape index (κ3) is 4.37. The molecule has 3 aromatic rings. The molecule has 2 amide bonds. The second kappa shape index (κ2) is 7.92. The molecule has 1 aromatic heterocycles. The van der Waals surface area contributed by atoms with Gasteiger partial charge in [-0.3, -0.25) is 5.32 Å². The number of amides is 2. The van der Waals surface area contributed by atoms with Gasteiger partial charge in [-0.1, -0.05) is 24.3 Å². The Morgan fingerprint density at radius 3 is 2.45 bits per heavy atom. The van der Waals surface area contributed by atoms with E-state index in [9.17, 15) is 13.2 Å². The van der Waals surface area contributed by atoms with Crippen molar-refractivity contribution in [3.05, 3.63) is 48.2 Å². The van der Waals surface area contributed by atoms with E-state index in [0.29, 0.717) is 11.1 Å². The number of benzene rings is 2. The Kier molecular flexibility index (Phi) is 5.55. The van der Waals surface area contributed by atoms with Crippen LogP contribution in [0.1, 0.15) is 5.69 Å². The summed E-state index contributed by atoms with van der Waals surface area (Å²) in [5.41, 5.74) is 1.42. The molecule has 0 spiro atoms. The highest BCUT2D eigenvalue weighted by Gasteiger charge is 2.21. The number of aromatic nitrogens is 2. The van der Waals surface area contributed by atoms with Crippen LogP contribution in [-0.4, -0.2) is 45.6 Å². The molecular formula is C19H21N5O4S. The Morgan fingerprint density at radius 1 is 1.07 bits per heavy atom. The molecule has 0 radical (unpaired) electrons. The van der Waals surface area contributed by atoms with Crippen molar-refractivity contribution in [1.82, 2.24) is 14.7 Å². The van der Waals surface area contributed by atoms with Crippen molar-refractivity contribution in [1.29, 1.82) is 0 Å². The summed E-state index contributed by atoms with van der Waals surface area (Å²) >= 11 is 0. The Balaban J connectivity index is 1.91. The number of hydrogen-bond donors (Lipinski definition) is 2. The number of urea groups is 1. The van der Waals surface area contributed by atoms with Crippen molar-refractivity contribution in [2.24, 2.45) is 0 Å². The van der Waals surface area contributed by atoms with Gasteiger partial charge in [-0.25, -0.2) is 22.9 Å². The largest absolute Gasteiger partial charge is 0.481 e. The van der Waals surface area contributed by atoms with E-state index in [2.05, 4.69) is 15.3 Å². The first kappa shape index (κ1) is 20.3. The van der Waals surface area contributed by atoms with Crippen LogP contribution >= 0.6 is 0 Å². The quantitative estimate of drug-likeness (QED) is 0.658. The van der Waals surface area contributed by atoms with Gasteiger partial charge >= 0.3 is 6.03 Å². The summed E-state index contributed by atoms with van der Waals surface area (Å²) < 4.78 is 32.8. The maximum absolute atomic E-state index is 12.9. The lowest BCUT2D eigenvalue weighted by Crippen LogP contribution is -2.35. The van der Waals surface area contributed by atoms with Crippen molar-refractivity contribution in [2.45, 2.75) is 11.8 Å². The smallest absolute Gasteiger partial charge is 0.335 e. The highest BCUT2D eigenvalue weighted by molar-refractivity contribution is 7.90. The Hall–Kier alpha value is -3.40. The van der Waals surface area contributed by atoms with Gasteiger partial charge in [0, 0.05) is 42.3 Å². The minimum atomic E-state index is -4.14. The number of rotatable bonds is 5. The highest BCUT2D eigenvalue weighted by atomic mass is 32.2. The van der Waals surface area contributed by atoms with E-state index in [1.54, 1.807) is 31.2 Å². The van der Waals surface area contributed by atoms with E-state index in [4.69, 9.17) is 4.74 Å². The monoisotopic (exact) mass is 415 g/mol. The summed E-state index contributed by atoms with van der Waals surface area (Å²) in [5.74, 6) is 0.184. The number of ether oxygens (including phenoxy) is 1. The maximum atomic E-state index is 12.9. The van der Waals surface area contributed by atoms with Crippen molar-refractivity contribution in [2.75, 3.05) is 31.4 Å². The third-order valence-electron chi connectivity index (χ3n) is 4.12. The van der Waals surface area contributed by atoms with Gasteiger partial charge < -0.3 is 9.64 Å². The number of carbonyl (C=O) groups excluding carboxylic acids is 1. The van der Waals surface area contributed by atoms with Gasteiger partial charge in [0.15, 0.2) is 0 Å². The average Bonchev–Trinajstić information content (AvgIpc) is 2.65. The van der Waals surface area contributed by atoms with E-state index in [1.165, 1.54) is 13.2 Å². The molecule has 0 bridgehead atoms. The minimum Gasteiger partial charge on any atom is -0.481 e. The number of fused-ring (bicyclic) bond motifs is 1. The summed E-state index contributed by atoms with van der Waals surface area (Å²) in [6.45, 7) is 1.70. The van der Waals surface area contributed by atoms with Gasteiger partial charge in [-0.05, 0) is 19.1 Å². The molecule has 0 aliphatic rings. The summed E-state index contributed by atoms with van der Waals surface area (Å²) in [4.78, 5) is 22.2. The molecule has 0 atom stereocenters. The number of aryl methyl sites for hydroxylation is 1. The van der Waals surface area contributed by atoms with Crippen molar-refractivity contribution < 1.29 is 17.9 Å². The van der Waals surface area contributed by atoms with Crippen LogP contribution < -0.4 is 19.7 Å². The molecule has 0 saturated heterocycles. The predicted octanol–water partition coefficient (Wildman–Crippen LogP) is 2.52. The summed E-state index contributed by atoms with van der Waals surface area (Å²) in [6, 6.07) is 10.9. The molecule has 9 nitrogen and oxygen atoms in total. The summed E-state index contributed by atoms with van der Waals surface area (Å²) in [5, 5.41) is 3.59. The number of methoxy groups -OCH3 is 1. The Labute approximate surface area is 168 Å². The topological polar surface area (TPSA) is 114 Å². The van der Waals surface area contributed by atoms with Gasteiger partial charge in [0.25, 0.3) is 10.0 Å².